The van der Waals surface area contributed by atoms with Crippen LogP contribution in [0.4, 0.5) is 5.69 Å². The summed E-state index contributed by atoms with van der Waals surface area (Å²) in [4.78, 5) is 73.6. The maximum absolute atomic E-state index is 13.2. The van der Waals surface area contributed by atoms with Gasteiger partial charge in [0.15, 0.2) is 18.9 Å². The number of carbonyl (C=O) groups is 6. The number of amides is 2. The van der Waals surface area contributed by atoms with Crippen LogP contribution in [0.1, 0.15) is 120 Å². The molecule has 85 heavy (non-hydrogen) atoms. The lowest BCUT2D eigenvalue weighted by atomic mass is 9.66. The zero-order valence-corrected chi connectivity index (χ0v) is 51.5. The van der Waals surface area contributed by atoms with Gasteiger partial charge in [0.1, 0.15) is 23.6 Å². The lowest BCUT2D eigenvalue weighted by Crippen LogP contribution is -2.71. The van der Waals surface area contributed by atoms with E-state index >= 15 is 0 Å². The molecule has 0 saturated carbocycles. The molecule has 6 heterocycles. The molecule has 2 amide bonds. The number of hydrogen-bond donors (Lipinski definition) is 4. The highest BCUT2D eigenvalue weighted by Gasteiger charge is 2.53. The molecule has 1 unspecified atom stereocenters. The number of nitrogens with zero attached hydrogens (tertiary/aromatic N) is 3. The fourth-order valence-corrected chi connectivity index (χ4v) is 15.6. The number of cyclic esters (lactones) is 1. The summed E-state index contributed by atoms with van der Waals surface area (Å²) in [6.07, 6.45) is 18.0. The summed E-state index contributed by atoms with van der Waals surface area (Å²) in [5, 5.41) is 38.4. The lowest BCUT2D eigenvalue weighted by molar-refractivity contribution is -0.689. The Balaban J connectivity index is 0.000000166. The summed E-state index contributed by atoms with van der Waals surface area (Å²) < 4.78 is 40.9. The molecule has 4 aliphatic heterocycles. The van der Waals surface area contributed by atoms with Crippen LogP contribution in [0.5, 0.6) is 0 Å². The van der Waals surface area contributed by atoms with Gasteiger partial charge in [0.2, 0.25) is 5.91 Å². The fraction of sp³-hybridized carbons (Fsp3) is 0.476. The molecule has 2 aliphatic carbocycles. The van der Waals surface area contributed by atoms with Crippen molar-refractivity contribution in [2.45, 2.75) is 151 Å². The SMILES string of the molecule is CC[C@H](C)C(=O)O[C@H]1CCC=C2C=C[C@H](C)[C@H](CC[C@@H]3C[C@@H](O)CC(=O)O3)[C@H]21.CN1c2ccccc2C(NCCCCCCC(=O)O)c2ccc(Cl)cc2S1(=O)=O.O=C(Cc1cccs1)N[C@@H]1C(=O)N2C(C(=O)[O-])=C(C[n+]3ccccc3)CS[C@H]12. The van der Waals surface area contributed by atoms with Gasteiger partial charge < -0.3 is 40.2 Å². The number of pyridine rings is 1. The van der Waals surface area contributed by atoms with Gasteiger partial charge in [0.25, 0.3) is 15.9 Å². The van der Waals surface area contributed by atoms with Crippen molar-refractivity contribution in [2.24, 2.45) is 23.7 Å². The van der Waals surface area contributed by atoms with Gasteiger partial charge >= 0.3 is 17.9 Å². The first-order valence-corrected chi connectivity index (χ1v) is 32.9. The maximum Gasteiger partial charge on any atom is 0.308 e. The molecule has 18 nitrogen and oxygen atoms in total. The molecule has 22 heteroatoms. The number of rotatable bonds is 20. The van der Waals surface area contributed by atoms with E-state index in [1.54, 1.807) is 25.2 Å². The third kappa shape index (κ3) is 16.2. The van der Waals surface area contributed by atoms with Crippen LogP contribution >= 0.6 is 34.7 Å². The van der Waals surface area contributed by atoms with E-state index in [4.69, 9.17) is 26.2 Å². The van der Waals surface area contributed by atoms with Crippen molar-refractivity contribution in [3.05, 3.63) is 147 Å². The number of nitrogens with one attached hydrogen (secondary N) is 2. The topological polar surface area (TPSA) is 253 Å². The third-order valence-electron chi connectivity index (χ3n) is 16.5. The lowest BCUT2D eigenvalue weighted by Gasteiger charge is -2.50. The molecule has 2 saturated heterocycles. The molecule has 0 radical (unpaired) electrons. The third-order valence-corrected chi connectivity index (χ3v) is 20.8. The van der Waals surface area contributed by atoms with E-state index in [1.807, 2.05) is 84.7 Å². The van der Waals surface area contributed by atoms with Crippen LogP contribution in [0.15, 0.2) is 131 Å². The van der Waals surface area contributed by atoms with Crippen LogP contribution in [0.25, 0.3) is 0 Å². The molecule has 2 fully saturated rings. The van der Waals surface area contributed by atoms with Gasteiger partial charge in [-0.15, -0.1) is 23.1 Å². The van der Waals surface area contributed by atoms with Crippen molar-refractivity contribution in [1.82, 2.24) is 15.5 Å². The Kier molecular flexibility index (Phi) is 22.7. The van der Waals surface area contributed by atoms with Crippen LogP contribution in [0.2, 0.25) is 5.02 Å². The van der Waals surface area contributed by atoms with Crippen molar-refractivity contribution < 1.29 is 66.5 Å². The van der Waals surface area contributed by atoms with Gasteiger partial charge in [0, 0.05) is 59.2 Å². The molecule has 10 atom stereocenters. The Morgan fingerprint density at radius 2 is 1.75 bits per heavy atom. The Bertz CT molecular complexity index is 3250. The number of β-lactam (4-membered cyclic amide) rings is 1. The summed E-state index contributed by atoms with van der Waals surface area (Å²) in [6.45, 7) is 7.19. The summed E-state index contributed by atoms with van der Waals surface area (Å²) in [5.74, 6) is -1.91. The van der Waals surface area contributed by atoms with Gasteiger partial charge in [-0.05, 0) is 110 Å². The predicted molar refractivity (Wildman–Crippen MR) is 322 cm³/mol. The quantitative estimate of drug-likeness (QED) is 0.0285. The van der Waals surface area contributed by atoms with Crippen molar-refractivity contribution in [3.8, 4) is 0 Å². The number of halogens is 1. The highest BCUT2D eigenvalue weighted by Crippen LogP contribution is 2.45. The number of sulfonamides is 1. The van der Waals surface area contributed by atoms with Crippen LogP contribution in [0.3, 0.4) is 0 Å². The number of fused-ring (bicyclic) bond motifs is 4. The van der Waals surface area contributed by atoms with E-state index in [9.17, 15) is 47.4 Å². The number of ether oxygens (including phenoxy) is 2. The van der Waals surface area contributed by atoms with Crippen molar-refractivity contribution >= 4 is 86.1 Å². The van der Waals surface area contributed by atoms with Gasteiger partial charge in [-0.3, -0.25) is 33.2 Å². The Morgan fingerprint density at radius 1 is 0.988 bits per heavy atom. The van der Waals surface area contributed by atoms with E-state index in [1.165, 1.54) is 43.9 Å². The number of unbranched alkanes of at least 4 members (excludes halogenated alkanes) is 3. The maximum atomic E-state index is 13.2. The number of aliphatic hydroxyl groups is 1. The minimum Gasteiger partial charge on any atom is -0.543 e. The molecular weight excluding hydrogens is 1170 g/mol. The molecule has 0 bridgehead atoms. The van der Waals surface area contributed by atoms with E-state index in [0.717, 1.165) is 61.8 Å². The number of anilines is 1. The standard InChI is InChI=1S/C23H34O5.C21H25ClN2O4S.C19H17N3O4S2/c1-4-14(2)23(26)28-20-7-5-6-16-9-8-15(3)19(22(16)20)11-10-18-12-17(24)13-21(25)27-18;1-24-18-9-6-5-8-16(18)21(23-13-7-3-2-4-10-20(25)26)17-12-11-15(22)14-19(17)29(24,27)28;23-14(9-13-5-4-8-27-13)20-15-17(24)22-16(19(25)26)12(11-28-18(15)22)10-21-6-2-1-3-7-21/h6,8-9,14-15,17-20,22,24H,4-5,7,10-13H2,1-3H3;5-6,8-9,11-12,14,21,23H,2-4,7,10,13H2,1H3,(H,25,26);1-8,15,18H,9-11H2,(H-,20,23,25,26)/t14-,15-,17+,18+,19-,20-,22-;;15-,18-/m0.1/s1. The number of allylic oxidation sites excluding steroid dienone is 3. The van der Waals surface area contributed by atoms with Crippen LogP contribution in [0, 0.1) is 23.7 Å². The number of hydrogen-bond acceptors (Lipinski definition) is 15. The average molecular weight is 1240 g/mol. The smallest absolute Gasteiger partial charge is 0.308 e. The molecule has 10 rings (SSSR count). The van der Waals surface area contributed by atoms with Crippen molar-refractivity contribution in [1.29, 1.82) is 0 Å². The first-order valence-electron chi connectivity index (χ1n) is 29.2. The van der Waals surface area contributed by atoms with Gasteiger partial charge in [-0.25, -0.2) is 13.0 Å². The summed E-state index contributed by atoms with van der Waals surface area (Å²) >= 11 is 9.05. The number of thioether (sulfide) groups is 1. The first-order chi connectivity index (χ1) is 40.7. The number of aliphatic hydroxyl groups excluding tert-OH is 1. The molecule has 2 aromatic heterocycles. The highest BCUT2D eigenvalue weighted by molar-refractivity contribution is 8.00. The Hall–Kier alpha value is -6.36. The highest BCUT2D eigenvalue weighted by atomic mass is 35.5. The minimum atomic E-state index is -3.72. The van der Waals surface area contributed by atoms with E-state index in [-0.39, 0.29) is 77.8 Å². The Morgan fingerprint density at radius 3 is 2.47 bits per heavy atom. The molecule has 6 aliphatic rings. The molecule has 0 spiro atoms. The number of aliphatic carboxylic acids is 2. The second kappa shape index (κ2) is 29.8. The molecule has 2 aromatic carbocycles. The van der Waals surface area contributed by atoms with Crippen LogP contribution in [-0.4, -0.2) is 108 Å². The van der Waals surface area contributed by atoms with Gasteiger partial charge in [-0.1, -0.05) is 99.8 Å². The van der Waals surface area contributed by atoms with E-state index in [2.05, 4.69) is 35.8 Å². The average Bonchev–Trinajstić information content (AvgIpc) is 4.22. The zero-order valence-electron chi connectivity index (χ0n) is 48.3. The largest absolute Gasteiger partial charge is 0.543 e. The normalized spacial score (nSPS) is 24.8. The summed E-state index contributed by atoms with van der Waals surface area (Å²) in [5.41, 5.74) is 4.03. The molecule has 4 aromatic rings. The Labute approximate surface area is 510 Å². The second-order valence-corrected chi connectivity index (χ2v) is 26.9. The predicted octanol–water partition coefficient (Wildman–Crippen LogP) is 7.82. The van der Waals surface area contributed by atoms with Crippen molar-refractivity contribution in [2.75, 3.05) is 23.7 Å². The number of carboxylic acids is 2. The number of thiophene rings is 1. The monoisotopic (exact) mass is 1240 g/mol. The number of carboxylic acid groups (broad SMARTS) is 2. The summed E-state index contributed by atoms with van der Waals surface area (Å²) in [6, 6.07) is 20.8. The minimum absolute atomic E-state index is 0.0751. The number of benzene rings is 2. The van der Waals surface area contributed by atoms with Gasteiger partial charge in [0.05, 0.1) is 53.2 Å². The first kappa shape index (κ1) is 64.6. The second-order valence-electron chi connectivity index (χ2n) is 22.4. The van der Waals surface area contributed by atoms with E-state index < -0.39 is 45.4 Å². The van der Waals surface area contributed by atoms with Gasteiger partial charge in [-0.2, -0.15) is 0 Å². The van der Waals surface area contributed by atoms with Crippen LogP contribution < -0.4 is 24.6 Å². The molecule has 4 N–H and O–H groups in total. The number of carbonyl (C=O) groups excluding carboxylic acids is 5. The molecular formula is C63H76ClN5O13S3. The zero-order chi connectivity index (χ0) is 61.0. The fourth-order valence-electron chi connectivity index (χ4n) is 11.8. The number of para-hydroxylation sites is 1. The number of aromatic nitrogens is 1. The summed E-state index contributed by atoms with van der Waals surface area (Å²) in [7, 11) is -2.16. The van der Waals surface area contributed by atoms with Crippen LogP contribution in [-0.2, 0) is 61.2 Å². The van der Waals surface area contributed by atoms with E-state index in [0.29, 0.717) is 65.4 Å². The number of esters is 2. The molecule has 456 valence electrons. The van der Waals surface area contributed by atoms with Crippen molar-refractivity contribution in [3.63, 3.8) is 0 Å².